The Morgan fingerprint density at radius 3 is 2.33 bits per heavy atom. The van der Waals surface area contributed by atoms with E-state index in [0.717, 1.165) is 0 Å². The molecule has 0 bridgehead atoms. The highest BCUT2D eigenvalue weighted by atomic mass is 35.5. The number of nitriles is 1. The van der Waals surface area contributed by atoms with Crippen LogP contribution in [0.4, 0.5) is 0 Å². The highest BCUT2D eigenvalue weighted by molar-refractivity contribution is 6.42. The zero-order valence-corrected chi connectivity index (χ0v) is 12.7. The maximum atomic E-state index is 8.94. The van der Waals surface area contributed by atoms with E-state index in [1.807, 2.05) is 6.07 Å². The first-order valence-corrected chi connectivity index (χ1v) is 7.16. The van der Waals surface area contributed by atoms with Crippen molar-refractivity contribution < 1.29 is 9.47 Å². The minimum atomic E-state index is 0.412. The summed E-state index contributed by atoms with van der Waals surface area (Å²) in [4.78, 5) is 0. The molecule has 0 spiro atoms. The molecule has 0 amide bonds. The molecule has 0 fully saturated rings. The lowest BCUT2D eigenvalue weighted by Crippen LogP contribution is -2.06. The van der Waals surface area contributed by atoms with Gasteiger partial charge in [-0.1, -0.05) is 41.4 Å². The molecule has 0 saturated heterocycles. The Morgan fingerprint density at radius 2 is 1.57 bits per heavy atom. The van der Waals surface area contributed by atoms with Gasteiger partial charge in [0.05, 0.1) is 23.8 Å². The summed E-state index contributed by atoms with van der Waals surface area (Å²) in [5.41, 5.74) is 0.524. The predicted octanol–water partition coefficient (Wildman–Crippen LogP) is 4.71. The lowest BCUT2D eigenvalue weighted by molar-refractivity contribution is 0.247. The molecule has 21 heavy (non-hydrogen) atoms. The fraction of sp³-hybridized carbons (Fsp3) is 0.188. The number of hydrogen-bond donors (Lipinski definition) is 0. The van der Waals surface area contributed by atoms with Gasteiger partial charge < -0.3 is 9.47 Å². The Kier molecular flexibility index (Phi) is 5.74. The third kappa shape index (κ3) is 4.29. The van der Waals surface area contributed by atoms with Crippen LogP contribution < -0.4 is 9.47 Å². The van der Waals surface area contributed by atoms with Gasteiger partial charge in [0.25, 0.3) is 0 Å². The molecule has 5 heteroatoms. The average Bonchev–Trinajstić information content (AvgIpc) is 2.51. The zero-order chi connectivity index (χ0) is 15.1. The van der Waals surface area contributed by atoms with Crippen LogP contribution in [0.2, 0.25) is 10.0 Å². The average molecular weight is 322 g/mol. The van der Waals surface area contributed by atoms with Crippen molar-refractivity contribution in [2.45, 2.75) is 6.42 Å². The molecule has 2 aromatic carbocycles. The lowest BCUT2D eigenvalue weighted by Gasteiger charge is -2.10. The van der Waals surface area contributed by atoms with Crippen LogP contribution in [0, 0.1) is 11.3 Å². The van der Waals surface area contributed by atoms with Gasteiger partial charge in [-0.15, -0.1) is 0 Å². The number of halogens is 2. The van der Waals surface area contributed by atoms with Crippen LogP contribution >= 0.6 is 23.2 Å². The van der Waals surface area contributed by atoms with Gasteiger partial charge in [0.1, 0.15) is 22.6 Å². The quantitative estimate of drug-likeness (QED) is 0.723. The van der Waals surface area contributed by atoms with E-state index in [9.17, 15) is 0 Å². The zero-order valence-electron chi connectivity index (χ0n) is 11.2. The van der Waals surface area contributed by atoms with Crippen molar-refractivity contribution >= 4 is 23.2 Å². The number of hydrogen-bond acceptors (Lipinski definition) is 3. The normalized spacial score (nSPS) is 9.95. The van der Waals surface area contributed by atoms with Gasteiger partial charge in [0.15, 0.2) is 0 Å². The molecule has 0 saturated carbocycles. The Balaban J connectivity index is 1.78. The molecule has 108 valence electrons. The smallest absolute Gasteiger partial charge is 0.139 e. The second-order valence-corrected chi connectivity index (χ2v) is 5.00. The van der Waals surface area contributed by atoms with Gasteiger partial charge in [-0.05, 0) is 24.3 Å². The molecule has 3 nitrogen and oxygen atoms in total. The van der Waals surface area contributed by atoms with Gasteiger partial charge in [-0.25, -0.2) is 0 Å². The second-order valence-electron chi connectivity index (χ2n) is 4.21. The summed E-state index contributed by atoms with van der Waals surface area (Å²) >= 11 is 11.9. The van der Waals surface area contributed by atoms with Crippen LogP contribution in [0.3, 0.4) is 0 Å². The second kappa shape index (κ2) is 7.78. The van der Waals surface area contributed by atoms with E-state index in [1.54, 1.807) is 36.4 Å². The minimum absolute atomic E-state index is 0.412. The Hall–Kier alpha value is -1.89. The molecule has 0 N–H and O–H groups in total. The summed E-state index contributed by atoms with van der Waals surface area (Å²) in [6.07, 6.45) is 0.669. The highest BCUT2D eigenvalue weighted by Crippen LogP contribution is 2.31. The van der Waals surface area contributed by atoms with Crippen molar-refractivity contribution in [3.05, 3.63) is 58.1 Å². The summed E-state index contributed by atoms with van der Waals surface area (Å²) in [7, 11) is 0. The van der Waals surface area contributed by atoms with Crippen LogP contribution in [-0.4, -0.2) is 13.2 Å². The van der Waals surface area contributed by atoms with Crippen molar-refractivity contribution in [1.82, 2.24) is 0 Å². The number of nitrogens with zero attached hydrogens (tertiary/aromatic N) is 1. The third-order valence-electron chi connectivity index (χ3n) is 2.73. The molecule has 0 aromatic heterocycles. The van der Waals surface area contributed by atoms with Crippen molar-refractivity contribution in [1.29, 1.82) is 5.26 Å². The molecular weight excluding hydrogens is 309 g/mol. The first-order valence-electron chi connectivity index (χ1n) is 6.41. The molecule has 2 aromatic rings. The molecule has 0 aliphatic heterocycles. The SMILES string of the molecule is N#Cc1ccccc1OCCCOc1cccc(Cl)c1Cl. The van der Waals surface area contributed by atoms with E-state index in [4.69, 9.17) is 37.9 Å². The van der Waals surface area contributed by atoms with Crippen LogP contribution in [0.1, 0.15) is 12.0 Å². The molecule has 0 unspecified atom stereocenters. The highest BCUT2D eigenvalue weighted by Gasteiger charge is 2.05. The third-order valence-corrected chi connectivity index (χ3v) is 3.53. The standard InChI is InChI=1S/C16H13Cl2NO2/c17-13-6-3-8-15(16(13)18)21-10-4-9-20-14-7-2-1-5-12(14)11-19/h1-3,5-8H,4,9-10H2. The van der Waals surface area contributed by atoms with Gasteiger partial charge in [0.2, 0.25) is 0 Å². The van der Waals surface area contributed by atoms with E-state index in [0.29, 0.717) is 46.7 Å². The Bertz CT molecular complexity index is 653. The van der Waals surface area contributed by atoms with Crippen molar-refractivity contribution in [2.24, 2.45) is 0 Å². The van der Waals surface area contributed by atoms with Crippen LogP contribution in [-0.2, 0) is 0 Å². The molecule has 0 aliphatic rings. The van der Waals surface area contributed by atoms with Gasteiger partial charge in [-0.2, -0.15) is 5.26 Å². The lowest BCUT2D eigenvalue weighted by atomic mass is 10.2. The van der Waals surface area contributed by atoms with Crippen molar-refractivity contribution in [2.75, 3.05) is 13.2 Å². The Morgan fingerprint density at radius 1 is 0.905 bits per heavy atom. The Labute approximate surface area is 133 Å². The van der Waals surface area contributed by atoms with E-state index in [2.05, 4.69) is 6.07 Å². The summed E-state index contributed by atoms with van der Waals surface area (Å²) < 4.78 is 11.1. The minimum Gasteiger partial charge on any atom is -0.492 e. The van der Waals surface area contributed by atoms with E-state index < -0.39 is 0 Å². The van der Waals surface area contributed by atoms with Gasteiger partial charge >= 0.3 is 0 Å². The van der Waals surface area contributed by atoms with Crippen molar-refractivity contribution in [3.8, 4) is 17.6 Å². The number of ether oxygens (including phenoxy) is 2. The summed E-state index contributed by atoms with van der Waals surface area (Å²) in [5.74, 6) is 1.14. The fourth-order valence-electron chi connectivity index (χ4n) is 1.70. The fourth-order valence-corrected chi connectivity index (χ4v) is 2.05. The maximum absolute atomic E-state index is 8.94. The van der Waals surface area contributed by atoms with Gasteiger partial charge in [-0.3, -0.25) is 0 Å². The van der Waals surface area contributed by atoms with Crippen LogP contribution in [0.15, 0.2) is 42.5 Å². The largest absolute Gasteiger partial charge is 0.492 e. The maximum Gasteiger partial charge on any atom is 0.139 e. The number of rotatable bonds is 6. The first kappa shape index (κ1) is 15.5. The summed E-state index contributed by atoms with van der Waals surface area (Å²) in [6, 6.07) is 14.5. The van der Waals surface area contributed by atoms with Crippen LogP contribution in [0.25, 0.3) is 0 Å². The summed E-state index contributed by atoms with van der Waals surface area (Å²) in [5, 5.41) is 9.82. The molecule has 0 aliphatic carbocycles. The monoisotopic (exact) mass is 321 g/mol. The molecule has 0 atom stereocenters. The van der Waals surface area contributed by atoms with E-state index in [-0.39, 0.29) is 0 Å². The van der Waals surface area contributed by atoms with Crippen molar-refractivity contribution in [3.63, 3.8) is 0 Å². The molecule has 0 heterocycles. The predicted molar refractivity (Wildman–Crippen MR) is 83.2 cm³/mol. The number of benzene rings is 2. The molecular formula is C16H13Cl2NO2. The van der Waals surface area contributed by atoms with Gasteiger partial charge in [0, 0.05) is 6.42 Å². The molecule has 2 rings (SSSR count). The van der Waals surface area contributed by atoms with Crippen LogP contribution in [0.5, 0.6) is 11.5 Å². The summed E-state index contributed by atoms with van der Waals surface area (Å²) in [6.45, 7) is 0.908. The van der Waals surface area contributed by atoms with E-state index in [1.165, 1.54) is 0 Å². The van der Waals surface area contributed by atoms with E-state index >= 15 is 0 Å². The first-order chi connectivity index (χ1) is 10.2. The number of para-hydroxylation sites is 1. The molecule has 0 radical (unpaired) electrons. The topological polar surface area (TPSA) is 42.2 Å².